The van der Waals surface area contributed by atoms with Crippen molar-refractivity contribution in [2.75, 3.05) is 79.5 Å². The van der Waals surface area contributed by atoms with Crippen molar-refractivity contribution in [2.24, 2.45) is 22.9 Å². The third-order valence-corrected chi connectivity index (χ3v) is 11.6. The van der Waals surface area contributed by atoms with Gasteiger partial charge in [-0.05, 0) is 66.9 Å². The molecule has 1 saturated heterocycles. The van der Waals surface area contributed by atoms with Gasteiger partial charge >= 0.3 is 6.09 Å². The van der Waals surface area contributed by atoms with Crippen LogP contribution >= 0.6 is 0 Å². The average molecular weight is 792 g/mol. The maximum absolute atomic E-state index is 13.9. The Kier molecular flexibility index (Phi) is 15.8. The van der Waals surface area contributed by atoms with Crippen molar-refractivity contribution in [3.63, 3.8) is 0 Å². The van der Waals surface area contributed by atoms with E-state index in [-0.39, 0.29) is 77.0 Å². The number of aliphatic hydroxyl groups is 3. The number of benzene rings is 2. The molecule has 13 heteroatoms. The molecule has 57 heavy (non-hydrogen) atoms. The van der Waals surface area contributed by atoms with Crippen LogP contribution in [0.15, 0.2) is 78.0 Å². The highest BCUT2D eigenvalue weighted by atomic mass is 16.7. The van der Waals surface area contributed by atoms with Crippen LogP contribution in [0.3, 0.4) is 0 Å². The SMILES string of the molecule is C=CCO[C@@]12Oc3ccc(OCCN4CC4)cc3[C@H]3[C@H](CCCCO)[C@@H](CCCCO)C=C(C(=NOCc4ccccc4)C[C@@H]1N(CCOCCO)C(=O)OC)[C@H]32. The van der Waals surface area contributed by atoms with Crippen molar-refractivity contribution >= 4 is 11.8 Å². The van der Waals surface area contributed by atoms with Crippen LogP contribution in [0.4, 0.5) is 4.79 Å². The lowest BCUT2D eigenvalue weighted by Crippen LogP contribution is -2.70. The molecule has 0 unspecified atom stereocenters. The number of unbranched alkanes of at least 4 members (excludes halogenated alkanes) is 2. The second-order valence-electron chi connectivity index (χ2n) is 15.2. The lowest BCUT2D eigenvalue weighted by Gasteiger charge is -2.59. The molecule has 4 aliphatic rings. The molecule has 0 aromatic heterocycles. The molecule has 2 aliphatic heterocycles. The summed E-state index contributed by atoms with van der Waals surface area (Å²) in [5.74, 6) is -0.488. The van der Waals surface area contributed by atoms with E-state index < -0.39 is 23.8 Å². The van der Waals surface area contributed by atoms with E-state index in [0.717, 1.165) is 67.8 Å². The number of aliphatic hydroxyl groups excluding tert-OH is 3. The predicted molar refractivity (Wildman–Crippen MR) is 215 cm³/mol. The summed E-state index contributed by atoms with van der Waals surface area (Å²) in [6, 6.07) is 15.1. The molecule has 0 radical (unpaired) electrons. The monoisotopic (exact) mass is 791 g/mol. The molecule has 3 N–H and O–H groups in total. The Hall–Kier alpha value is -3.98. The summed E-state index contributed by atoms with van der Waals surface area (Å²) in [6.07, 6.45) is 8.33. The van der Waals surface area contributed by atoms with E-state index >= 15 is 0 Å². The molecule has 0 spiro atoms. The Balaban J connectivity index is 1.53. The van der Waals surface area contributed by atoms with Crippen LogP contribution in [0.1, 0.15) is 62.0 Å². The van der Waals surface area contributed by atoms with Gasteiger partial charge in [-0.2, -0.15) is 0 Å². The predicted octanol–water partition coefficient (Wildman–Crippen LogP) is 5.29. The van der Waals surface area contributed by atoms with Crippen molar-refractivity contribution in [1.82, 2.24) is 9.80 Å². The molecular formula is C44H61N3O10. The molecule has 6 rings (SSSR count). The lowest BCUT2D eigenvalue weighted by atomic mass is 9.55. The molecule has 6 atom stereocenters. The van der Waals surface area contributed by atoms with Crippen LogP contribution in [0.25, 0.3) is 0 Å². The molecule has 1 amide bonds. The number of amides is 1. The Morgan fingerprint density at radius 1 is 1.02 bits per heavy atom. The molecule has 2 fully saturated rings. The second kappa shape index (κ2) is 21.1. The van der Waals surface area contributed by atoms with E-state index in [9.17, 15) is 20.1 Å². The van der Waals surface area contributed by atoms with Gasteiger partial charge in [0.25, 0.3) is 0 Å². The standard InChI is InChI=1S/C44H61N3O10/c1-3-24-55-44-40(47(43(51)52-2)20-25-53-27-23-50)30-38(45-56-31-32-11-5-4-6-12-32)36-28-33(13-7-9-21-48)35(14-8-10-22-49)41(42(36)44)37-29-34(15-16-39(37)57-44)54-26-19-46-17-18-46/h3-6,11-12,15-16,28-29,33,35,40-42,48-50H,1,7-10,13-14,17-27,30-31H2,2H3/t33-,35+,40-,41+,42+,44+/m0/s1. The first-order chi connectivity index (χ1) is 28.0. The van der Waals surface area contributed by atoms with Gasteiger partial charge in [0.05, 0.1) is 45.2 Å². The molecular weight excluding hydrogens is 730 g/mol. The fourth-order valence-electron chi connectivity index (χ4n) is 8.91. The number of oxime groups is 1. The highest BCUT2D eigenvalue weighted by Crippen LogP contribution is 2.62. The van der Waals surface area contributed by atoms with Crippen molar-refractivity contribution in [3.05, 3.63) is 84.0 Å². The van der Waals surface area contributed by atoms with Gasteiger partial charge < -0.3 is 43.8 Å². The van der Waals surface area contributed by atoms with Crippen molar-refractivity contribution < 1.29 is 48.6 Å². The van der Waals surface area contributed by atoms with E-state index in [0.29, 0.717) is 30.9 Å². The summed E-state index contributed by atoms with van der Waals surface area (Å²) >= 11 is 0. The van der Waals surface area contributed by atoms with Gasteiger partial charge in [0.2, 0.25) is 5.79 Å². The first kappa shape index (κ1) is 42.6. The maximum atomic E-state index is 13.9. The summed E-state index contributed by atoms with van der Waals surface area (Å²) in [4.78, 5) is 24.0. The normalized spacial score (nSPS) is 25.4. The Labute approximate surface area is 336 Å². The van der Waals surface area contributed by atoms with Crippen LogP contribution in [-0.2, 0) is 25.7 Å². The average Bonchev–Trinajstić information content (AvgIpc) is 4.06. The largest absolute Gasteiger partial charge is 0.492 e. The third kappa shape index (κ3) is 10.4. The lowest BCUT2D eigenvalue weighted by molar-refractivity contribution is -0.256. The van der Waals surface area contributed by atoms with E-state index in [1.54, 1.807) is 11.0 Å². The van der Waals surface area contributed by atoms with Gasteiger partial charge in [-0.25, -0.2) is 4.79 Å². The van der Waals surface area contributed by atoms with Crippen LogP contribution in [0.2, 0.25) is 0 Å². The quantitative estimate of drug-likeness (QED) is 0.0551. The van der Waals surface area contributed by atoms with Crippen molar-refractivity contribution in [3.8, 4) is 11.5 Å². The minimum Gasteiger partial charge on any atom is -0.492 e. The molecule has 2 aliphatic carbocycles. The van der Waals surface area contributed by atoms with Gasteiger partial charge in [0.1, 0.15) is 30.8 Å². The van der Waals surface area contributed by atoms with E-state index in [4.69, 9.17) is 33.7 Å². The van der Waals surface area contributed by atoms with Gasteiger partial charge in [0.15, 0.2) is 0 Å². The molecule has 1 saturated carbocycles. The van der Waals surface area contributed by atoms with Gasteiger partial charge in [-0.3, -0.25) is 9.80 Å². The summed E-state index contributed by atoms with van der Waals surface area (Å²) in [7, 11) is 1.35. The number of nitrogens with zero attached hydrogens (tertiary/aromatic N) is 3. The number of allylic oxidation sites excluding steroid dienone is 1. The fourth-order valence-corrected chi connectivity index (χ4v) is 8.91. The molecule has 2 heterocycles. The van der Waals surface area contributed by atoms with Gasteiger partial charge in [-0.15, -0.1) is 6.58 Å². The zero-order valence-corrected chi connectivity index (χ0v) is 33.3. The summed E-state index contributed by atoms with van der Waals surface area (Å²) in [5.41, 5.74) is 3.60. The first-order valence-electron chi connectivity index (χ1n) is 20.6. The zero-order valence-electron chi connectivity index (χ0n) is 33.3. The Bertz CT molecular complexity index is 1650. The van der Waals surface area contributed by atoms with Crippen LogP contribution in [0.5, 0.6) is 11.5 Å². The topological polar surface area (TPSA) is 152 Å². The number of carbonyl (C=O) groups is 1. The number of rotatable bonds is 24. The Morgan fingerprint density at radius 2 is 1.81 bits per heavy atom. The van der Waals surface area contributed by atoms with E-state index in [1.165, 1.54) is 7.11 Å². The minimum atomic E-state index is -1.42. The van der Waals surface area contributed by atoms with Crippen LogP contribution in [0, 0.1) is 17.8 Å². The first-order valence-corrected chi connectivity index (χ1v) is 20.6. The van der Waals surface area contributed by atoms with Gasteiger partial charge in [0, 0.05) is 57.3 Å². The molecule has 312 valence electrons. The highest BCUT2D eigenvalue weighted by Gasteiger charge is 2.65. The number of hydrogen-bond donors (Lipinski definition) is 3. The number of carbonyl (C=O) groups excluding carboxylic acids is 1. The van der Waals surface area contributed by atoms with E-state index in [2.05, 4.69) is 23.6 Å². The minimum absolute atomic E-state index is 0.0795. The smallest absolute Gasteiger partial charge is 0.410 e. The zero-order chi connectivity index (χ0) is 40.0. The number of fused-ring (bicyclic) bond motifs is 2. The number of methoxy groups -OCH3 is 1. The molecule has 2 aromatic carbocycles. The summed E-state index contributed by atoms with van der Waals surface area (Å²) in [5, 5.41) is 34.1. The fraction of sp³-hybridized carbons (Fsp3) is 0.591. The number of ether oxygens (including phenoxy) is 5. The molecule has 13 nitrogen and oxygen atoms in total. The van der Waals surface area contributed by atoms with E-state index in [1.807, 2.05) is 42.5 Å². The Morgan fingerprint density at radius 3 is 2.53 bits per heavy atom. The van der Waals surface area contributed by atoms with Crippen LogP contribution in [-0.4, -0.2) is 128 Å². The molecule has 0 bridgehead atoms. The number of hydrogen-bond acceptors (Lipinski definition) is 12. The summed E-state index contributed by atoms with van der Waals surface area (Å²) < 4.78 is 31.7. The van der Waals surface area contributed by atoms with Crippen molar-refractivity contribution in [2.45, 2.75) is 69.3 Å². The summed E-state index contributed by atoms with van der Waals surface area (Å²) in [6.45, 7) is 8.47. The molecule has 2 aromatic rings. The van der Waals surface area contributed by atoms with Crippen LogP contribution < -0.4 is 9.47 Å². The highest BCUT2D eigenvalue weighted by molar-refractivity contribution is 6.03. The van der Waals surface area contributed by atoms with Crippen molar-refractivity contribution in [1.29, 1.82) is 0 Å². The third-order valence-electron chi connectivity index (χ3n) is 11.6. The van der Waals surface area contributed by atoms with Gasteiger partial charge in [-0.1, -0.05) is 60.5 Å². The second-order valence-corrected chi connectivity index (χ2v) is 15.2. The maximum Gasteiger partial charge on any atom is 0.410 e.